The molecule has 0 aliphatic carbocycles. The molecule has 1 rings (SSSR count). The van der Waals surface area contributed by atoms with Crippen molar-refractivity contribution >= 4 is 11.6 Å². The van der Waals surface area contributed by atoms with E-state index in [4.69, 9.17) is 5.11 Å². The third-order valence-electron chi connectivity index (χ3n) is 3.32. The summed E-state index contributed by atoms with van der Waals surface area (Å²) in [5.74, 6) is -0.139. The van der Waals surface area contributed by atoms with Crippen molar-refractivity contribution in [3.8, 4) is 0 Å². The number of carbonyl (C=O) groups is 1. The molecule has 0 bridgehead atoms. The van der Waals surface area contributed by atoms with Crippen molar-refractivity contribution in [3.63, 3.8) is 0 Å². The summed E-state index contributed by atoms with van der Waals surface area (Å²) >= 11 is 0. The molecule has 0 aromatic heterocycles. The van der Waals surface area contributed by atoms with Gasteiger partial charge >= 0.3 is 0 Å². The second-order valence-corrected chi connectivity index (χ2v) is 4.62. The molecule has 0 heterocycles. The highest BCUT2D eigenvalue weighted by molar-refractivity contribution is 5.97. The maximum Gasteiger partial charge on any atom is 0.251 e. The Morgan fingerprint density at radius 2 is 2.00 bits per heavy atom. The Morgan fingerprint density at radius 3 is 2.58 bits per heavy atom. The van der Waals surface area contributed by atoms with Gasteiger partial charge in [-0.3, -0.25) is 4.79 Å². The van der Waals surface area contributed by atoms with E-state index in [0.29, 0.717) is 11.6 Å². The van der Waals surface area contributed by atoms with Gasteiger partial charge < -0.3 is 15.7 Å². The molecular formula is C15H24N2O2. The number of anilines is 1. The van der Waals surface area contributed by atoms with Crippen LogP contribution in [0.25, 0.3) is 0 Å². The van der Waals surface area contributed by atoms with Crippen LogP contribution in [-0.2, 0) is 0 Å². The number of carbonyl (C=O) groups excluding carboxylic acids is 1. The second kappa shape index (κ2) is 7.79. The lowest BCUT2D eigenvalue weighted by Crippen LogP contribution is -2.27. The Hall–Kier alpha value is -1.55. The molecule has 0 spiro atoms. The van der Waals surface area contributed by atoms with Gasteiger partial charge in [0.05, 0.1) is 6.61 Å². The molecular weight excluding hydrogens is 240 g/mol. The van der Waals surface area contributed by atoms with Crippen LogP contribution in [0.4, 0.5) is 5.69 Å². The van der Waals surface area contributed by atoms with Crippen LogP contribution < -0.4 is 10.6 Å². The summed E-state index contributed by atoms with van der Waals surface area (Å²) in [5, 5.41) is 14.9. The summed E-state index contributed by atoms with van der Waals surface area (Å²) in [7, 11) is 0. The highest BCUT2D eigenvalue weighted by Crippen LogP contribution is 2.21. The van der Waals surface area contributed by atoms with Crippen molar-refractivity contribution < 1.29 is 9.90 Å². The molecule has 106 valence electrons. The third kappa shape index (κ3) is 4.24. The van der Waals surface area contributed by atoms with E-state index in [1.165, 1.54) is 0 Å². The number of amides is 1. The van der Waals surface area contributed by atoms with Crippen LogP contribution in [0.3, 0.4) is 0 Å². The fourth-order valence-electron chi connectivity index (χ4n) is 2.02. The van der Waals surface area contributed by atoms with Crippen molar-refractivity contribution in [3.05, 3.63) is 29.3 Å². The Kier molecular flexibility index (Phi) is 6.36. The normalized spacial score (nSPS) is 10.6. The molecule has 1 amide bonds. The summed E-state index contributed by atoms with van der Waals surface area (Å²) in [4.78, 5) is 12.0. The molecule has 0 saturated carbocycles. The number of nitrogens with one attached hydrogen (secondary N) is 2. The Labute approximate surface area is 115 Å². The van der Waals surface area contributed by atoms with E-state index in [1.807, 2.05) is 19.1 Å². The van der Waals surface area contributed by atoms with E-state index < -0.39 is 0 Å². The lowest BCUT2D eigenvalue weighted by molar-refractivity contribution is 0.0944. The molecule has 4 nitrogen and oxygen atoms in total. The Balaban J connectivity index is 2.88. The summed E-state index contributed by atoms with van der Waals surface area (Å²) in [6.07, 6.45) is 2.10. The first-order chi connectivity index (χ1) is 9.13. The molecule has 3 N–H and O–H groups in total. The molecule has 0 radical (unpaired) electrons. The molecule has 0 saturated heterocycles. The lowest BCUT2D eigenvalue weighted by atomic mass is 10.0. The van der Waals surface area contributed by atoms with Gasteiger partial charge in [-0.05, 0) is 37.5 Å². The minimum atomic E-state index is -0.139. The molecule has 0 aliphatic rings. The van der Waals surface area contributed by atoms with Crippen LogP contribution in [0.5, 0.6) is 0 Å². The number of hydrogen-bond acceptors (Lipinski definition) is 3. The van der Waals surface area contributed by atoms with Crippen molar-refractivity contribution in [2.24, 2.45) is 0 Å². The minimum absolute atomic E-state index is 0.0452. The zero-order valence-corrected chi connectivity index (χ0v) is 12.0. The first-order valence-electron chi connectivity index (χ1n) is 6.89. The molecule has 0 fully saturated rings. The first kappa shape index (κ1) is 15.5. The maximum absolute atomic E-state index is 12.0. The number of hydrogen-bond donors (Lipinski definition) is 3. The fourth-order valence-corrected chi connectivity index (χ4v) is 2.02. The molecule has 4 heteroatoms. The summed E-state index contributed by atoms with van der Waals surface area (Å²) in [5.41, 5.74) is 2.61. The van der Waals surface area contributed by atoms with Crippen molar-refractivity contribution in [2.75, 3.05) is 18.5 Å². The average molecular weight is 264 g/mol. The van der Waals surface area contributed by atoms with Gasteiger partial charge in [-0.1, -0.05) is 19.9 Å². The predicted molar refractivity (Wildman–Crippen MR) is 78.6 cm³/mol. The molecule has 19 heavy (non-hydrogen) atoms. The SMILES string of the molecule is CCC(CC)Nc1cccc(C(=O)NCCO)c1C. The van der Waals surface area contributed by atoms with Crippen LogP contribution in [0.2, 0.25) is 0 Å². The number of rotatable bonds is 7. The maximum atomic E-state index is 12.0. The predicted octanol–water partition coefficient (Wildman–Crippen LogP) is 2.32. The van der Waals surface area contributed by atoms with E-state index in [-0.39, 0.29) is 19.1 Å². The molecule has 0 aliphatic heterocycles. The van der Waals surface area contributed by atoms with Gasteiger partial charge in [-0.25, -0.2) is 0 Å². The van der Waals surface area contributed by atoms with Crippen LogP contribution >= 0.6 is 0 Å². The van der Waals surface area contributed by atoms with Gasteiger partial charge in [-0.2, -0.15) is 0 Å². The van der Waals surface area contributed by atoms with Gasteiger partial charge in [0.15, 0.2) is 0 Å². The van der Waals surface area contributed by atoms with Gasteiger partial charge in [0.2, 0.25) is 0 Å². The quantitative estimate of drug-likeness (QED) is 0.708. The van der Waals surface area contributed by atoms with Crippen LogP contribution in [0.1, 0.15) is 42.6 Å². The topological polar surface area (TPSA) is 61.4 Å². The molecule has 1 aromatic carbocycles. The summed E-state index contributed by atoms with van der Waals surface area (Å²) in [6.45, 7) is 6.47. The average Bonchev–Trinajstić information content (AvgIpc) is 2.43. The monoisotopic (exact) mass is 264 g/mol. The highest BCUT2D eigenvalue weighted by Gasteiger charge is 2.12. The van der Waals surface area contributed by atoms with Crippen molar-refractivity contribution in [2.45, 2.75) is 39.7 Å². The second-order valence-electron chi connectivity index (χ2n) is 4.62. The minimum Gasteiger partial charge on any atom is -0.395 e. The molecule has 0 unspecified atom stereocenters. The highest BCUT2D eigenvalue weighted by atomic mass is 16.3. The van der Waals surface area contributed by atoms with Crippen LogP contribution in [0.15, 0.2) is 18.2 Å². The molecule has 1 aromatic rings. The van der Waals surface area contributed by atoms with E-state index in [9.17, 15) is 4.79 Å². The van der Waals surface area contributed by atoms with Crippen LogP contribution in [-0.4, -0.2) is 30.2 Å². The zero-order chi connectivity index (χ0) is 14.3. The summed E-state index contributed by atoms with van der Waals surface area (Å²) in [6, 6.07) is 6.11. The van der Waals surface area contributed by atoms with Crippen LogP contribution in [0, 0.1) is 6.92 Å². The number of aliphatic hydroxyl groups is 1. The zero-order valence-electron chi connectivity index (χ0n) is 12.0. The van der Waals surface area contributed by atoms with Crippen molar-refractivity contribution in [1.82, 2.24) is 5.32 Å². The third-order valence-corrected chi connectivity index (χ3v) is 3.32. The van der Waals surface area contributed by atoms with Gasteiger partial charge in [0, 0.05) is 23.8 Å². The number of benzene rings is 1. The van der Waals surface area contributed by atoms with Gasteiger partial charge in [0.1, 0.15) is 0 Å². The van der Waals surface area contributed by atoms with Gasteiger partial charge in [0.25, 0.3) is 5.91 Å². The van der Waals surface area contributed by atoms with E-state index >= 15 is 0 Å². The lowest BCUT2D eigenvalue weighted by Gasteiger charge is -2.19. The fraction of sp³-hybridized carbons (Fsp3) is 0.533. The standard InChI is InChI=1S/C15H24N2O2/c1-4-12(5-2)17-14-8-6-7-13(11(14)3)15(19)16-9-10-18/h6-8,12,17-18H,4-5,9-10H2,1-3H3,(H,16,19). The van der Waals surface area contributed by atoms with Gasteiger partial charge in [-0.15, -0.1) is 0 Å². The first-order valence-corrected chi connectivity index (χ1v) is 6.89. The largest absolute Gasteiger partial charge is 0.395 e. The summed E-state index contributed by atoms with van der Waals surface area (Å²) < 4.78 is 0. The molecule has 0 atom stereocenters. The van der Waals surface area contributed by atoms with Crippen molar-refractivity contribution in [1.29, 1.82) is 0 Å². The van der Waals surface area contributed by atoms with E-state index in [0.717, 1.165) is 24.1 Å². The van der Waals surface area contributed by atoms with E-state index in [2.05, 4.69) is 24.5 Å². The van der Waals surface area contributed by atoms with E-state index in [1.54, 1.807) is 6.07 Å². The smallest absolute Gasteiger partial charge is 0.251 e. The Morgan fingerprint density at radius 1 is 1.32 bits per heavy atom. The Bertz CT molecular complexity index is 415. The number of aliphatic hydroxyl groups excluding tert-OH is 1.